The molecule has 0 atom stereocenters. The highest BCUT2D eigenvalue weighted by molar-refractivity contribution is 7.98. The number of thioether (sulfide) groups is 1. The molecule has 0 N–H and O–H groups in total. The maximum atomic E-state index is 11.0. The first-order chi connectivity index (χ1) is 10.7. The molecule has 6 nitrogen and oxygen atoms in total. The number of fused-ring (bicyclic) bond motifs is 1. The number of hydrogen-bond acceptors (Lipinski definition) is 5. The Morgan fingerprint density at radius 1 is 1.23 bits per heavy atom. The third-order valence-electron chi connectivity index (χ3n) is 3.14. The summed E-state index contributed by atoms with van der Waals surface area (Å²) in [5, 5.41) is 16.2. The molecular weight excluding hydrogens is 300 g/mol. The second-order valence-electron chi connectivity index (χ2n) is 4.46. The van der Waals surface area contributed by atoms with Gasteiger partial charge in [0.25, 0.3) is 5.69 Å². The van der Waals surface area contributed by atoms with E-state index in [1.807, 2.05) is 30.5 Å². The molecule has 110 valence electrons. The van der Waals surface area contributed by atoms with Crippen LogP contribution in [0.25, 0.3) is 11.0 Å². The molecule has 0 saturated carbocycles. The van der Waals surface area contributed by atoms with Gasteiger partial charge in [-0.15, -0.1) is 0 Å². The van der Waals surface area contributed by atoms with E-state index in [0.29, 0.717) is 5.56 Å². The Bertz CT molecular complexity index is 873. The lowest BCUT2D eigenvalue weighted by molar-refractivity contribution is -0.385. The molecule has 2 aromatic carbocycles. The predicted octanol–water partition coefficient (Wildman–Crippen LogP) is 3.55. The second-order valence-corrected chi connectivity index (χ2v) is 5.23. The summed E-state index contributed by atoms with van der Waals surface area (Å²) in [6.45, 7) is 0. The Labute approximate surface area is 130 Å². The van der Waals surface area contributed by atoms with Crippen molar-refractivity contribution in [1.29, 1.82) is 0 Å². The number of para-hydroxylation sites is 3. The smallest absolute Gasteiger partial charge is 0.258 e. The zero-order chi connectivity index (χ0) is 15.5. The molecular formula is C15H12N4O2S. The fourth-order valence-corrected chi connectivity index (χ4v) is 2.63. The molecule has 3 rings (SSSR count). The van der Waals surface area contributed by atoms with Gasteiger partial charge in [-0.25, -0.2) is 9.66 Å². The number of nitro benzene ring substituents is 1. The number of nitrogens with zero attached hydrogens (tertiary/aromatic N) is 4. The number of rotatable bonds is 4. The van der Waals surface area contributed by atoms with Crippen molar-refractivity contribution >= 4 is 34.7 Å². The summed E-state index contributed by atoms with van der Waals surface area (Å²) in [5.41, 5.74) is 2.19. The average molecular weight is 312 g/mol. The Balaban J connectivity index is 2.08. The van der Waals surface area contributed by atoms with Crippen LogP contribution in [0.1, 0.15) is 5.56 Å². The van der Waals surface area contributed by atoms with E-state index in [1.165, 1.54) is 24.0 Å². The van der Waals surface area contributed by atoms with Crippen LogP contribution >= 0.6 is 11.8 Å². The summed E-state index contributed by atoms with van der Waals surface area (Å²) in [5.74, 6) is 0. The Hall–Kier alpha value is -2.67. The number of hydrogen-bond donors (Lipinski definition) is 0. The number of nitro groups is 1. The molecule has 1 heterocycles. The highest BCUT2D eigenvalue weighted by atomic mass is 32.2. The van der Waals surface area contributed by atoms with Gasteiger partial charge in [0.05, 0.1) is 27.7 Å². The van der Waals surface area contributed by atoms with Gasteiger partial charge in [0, 0.05) is 6.07 Å². The van der Waals surface area contributed by atoms with E-state index in [4.69, 9.17) is 0 Å². The first-order valence-corrected chi connectivity index (χ1v) is 7.72. The second kappa shape index (κ2) is 5.98. The van der Waals surface area contributed by atoms with E-state index in [0.717, 1.165) is 16.2 Å². The number of aromatic nitrogens is 2. The summed E-state index contributed by atoms with van der Waals surface area (Å²) in [6, 6.07) is 14.2. The van der Waals surface area contributed by atoms with Crippen LogP contribution in [0.4, 0.5) is 5.69 Å². The molecule has 22 heavy (non-hydrogen) atoms. The lowest BCUT2D eigenvalue weighted by Crippen LogP contribution is -1.97. The lowest BCUT2D eigenvalue weighted by Gasteiger charge is -2.00. The third kappa shape index (κ3) is 2.58. The minimum atomic E-state index is -0.414. The summed E-state index contributed by atoms with van der Waals surface area (Å²) in [6.07, 6.45) is 3.41. The highest BCUT2D eigenvalue weighted by Crippen LogP contribution is 2.22. The van der Waals surface area contributed by atoms with E-state index in [9.17, 15) is 10.1 Å². The summed E-state index contributed by atoms with van der Waals surface area (Å²) < 4.78 is 1.69. The highest BCUT2D eigenvalue weighted by Gasteiger charge is 2.12. The maximum Gasteiger partial charge on any atom is 0.278 e. The van der Waals surface area contributed by atoms with E-state index in [-0.39, 0.29) is 5.69 Å². The Kier molecular flexibility index (Phi) is 3.88. The normalized spacial score (nSPS) is 11.3. The van der Waals surface area contributed by atoms with Crippen molar-refractivity contribution in [3.05, 3.63) is 64.2 Å². The standard InChI is InChI=1S/C15H12N4O2S/c1-22-15-17-12-7-3-5-9-14(12)18(15)16-10-11-6-2-4-8-13(11)19(20)21/h2-10H,1H3. The van der Waals surface area contributed by atoms with Crippen LogP contribution in [-0.2, 0) is 0 Å². The molecule has 0 amide bonds. The van der Waals surface area contributed by atoms with Crippen LogP contribution in [0.5, 0.6) is 0 Å². The molecule has 7 heteroatoms. The zero-order valence-corrected chi connectivity index (χ0v) is 12.5. The summed E-state index contributed by atoms with van der Waals surface area (Å²) >= 11 is 1.47. The van der Waals surface area contributed by atoms with E-state index in [1.54, 1.807) is 22.9 Å². The topological polar surface area (TPSA) is 73.3 Å². The van der Waals surface area contributed by atoms with Crippen molar-refractivity contribution in [3.8, 4) is 0 Å². The predicted molar refractivity (Wildman–Crippen MR) is 87.6 cm³/mol. The van der Waals surface area contributed by atoms with Crippen LogP contribution in [0.2, 0.25) is 0 Å². The van der Waals surface area contributed by atoms with Gasteiger partial charge < -0.3 is 0 Å². The molecule has 0 spiro atoms. The molecule has 0 aliphatic carbocycles. The van der Waals surface area contributed by atoms with Gasteiger partial charge in [-0.3, -0.25) is 10.1 Å². The van der Waals surface area contributed by atoms with Crippen molar-refractivity contribution < 1.29 is 4.92 Å². The minimum Gasteiger partial charge on any atom is -0.258 e. The Morgan fingerprint density at radius 3 is 2.73 bits per heavy atom. The maximum absolute atomic E-state index is 11.0. The van der Waals surface area contributed by atoms with Crippen molar-refractivity contribution in [2.75, 3.05) is 6.26 Å². The van der Waals surface area contributed by atoms with Crippen LogP contribution < -0.4 is 0 Å². The number of imidazole rings is 1. The largest absolute Gasteiger partial charge is 0.278 e. The van der Waals surface area contributed by atoms with Gasteiger partial charge in [-0.1, -0.05) is 36.0 Å². The molecule has 0 saturated heterocycles. The molecule has 0 bridgehead atoms. The van der Waals surface area contributed by atoms with Crippen LogP contribution in [0.15, 0.2) is 58.8 Å². The van der Waals surface area contributed by atoms with Gasteiger partial charge in [-0.05, 0) is 24.5 Å². The van der Waals surface area contributed by atoms with Crippen LogP contribution in [0, 0.1) is 10.1 Å². The Morgan fingerprint density at radius 2 is 1.95 bits per heavy atom. The van der Waals surface area contributed by atoms with Gasteiger partial charge in [0.2, 0.25) is 0 Å². The molecule has 0 unspecified atom stereocenters. The number of benzene rings is 2. The molecule has 0 aliphatic heterocycles. The third-order valence-corrected chi connectivity index (χ3v) is 3.76. The fourth-order valence-electron chi connectivity index (χ4n) is 2.12. The van der Waals surface area contributed by atoms with E-state index in [2.05, 4.69) is 10.1 Å². The van der Waals surface area contributed by atoms with Crippen LogP contribution in [-0.4, -0.2) is 27.1 Å². The van der Waals surface area contributed by atoms with Crippen molar-refractivity contribution in [2.45, 2.75) is 5.16 Å². The quantitative estimate of drug-likeness (QED) is 0.319. The molecule has 0 radical (unpaired) electrons. The lowest BCUT2D eigenvalue weighted by atomic mass is 10.2. The first-order valence-electron chi connectivity index (χ1n) is 6.50. The van der Waals surface area contributed by atoms with Crippen molar-refractivity contribution in [1.82, 2.24) is 9.66 Å². The van der Waals surface area contributed by atoms with E-state index >= 15 is 0 Å². The van der Waals surface area contributed by atoms with Gasteiger partial charge in [0.15, 0.2) is 5.16 Å². The fraction of sp³-hybridized carbons (Fsp3) is 0.0667. The van der Waals surface area contributed by atoms with Crippen LogP contribution in [0.3, 0.4) is 0 Å². The molecule has 0 fully saturated rings. The van der Waals surface area contributed by atoms with Crippen molar-refractivity contribution in [2.24, 2.45) is 5.10 Å². The van der Waals surface area contributed by atoms with Gasteiger partial charge in [0.1, 0.15) is 0 Å². The molecule has 0 aliphatic rings. The average Bonchev–Trinajstić information content (AvgIpc) is 2.91. The summed E-state index contributed by atoms with van der Waals surface area (Å²) in [7, 11) is 0. The van der Waals surface area contributed by atoms with Gasteiger partial charge in [-0.2, -0.15) is 5.10 Å². The molecule has 1 aromatic heterocycles. The monoisotopic (exact) mass is 312 g/mol. The first kappa shape index (κ1) is 14.3. The SMILES string of the molecule is CSc1nc2ccccc2n1N=Cc1ccccc1[N+](=O)[O-]. The summed E-state index contributed by atoms with van der Waals surface area (Å²) in [4.78, 5) is 15.1. The van der Waals surface area contributed by atoms with Gasteiger partial charge >= 0.3 is 0 Å². The minimum absolute atomic E-state index is 0.0290. The zero-order valence-electron chi connectivity index (χ0n) is 11.7. The van der Waals surface area contributed by atoms with E-state index < -0.39 is 4.92 Å². The van der Waals surface area contributed by atoms with Crippen molar-refractivity contribution in [3.63, 3.8) is 0 Å². The molecule has 3 aromatic rings.